The summed E-state index contributed by atoms with van der Waals surface area (Å²) < 4.78 is 24.2. The first-order valence-electron chi connectivity index (χ1n) is 9.82. The van der Waals surface area contributed by atoms with Gasteiger partial charge in [0.15, 0.2) is 11.8 Å². The number of rotatable bonds is 9. The van der Waals surface area contributed by atoms with E-state index in [2.05, 4.69) is 30.8 Å². The van der Waals surface area contributed by atoms with Gasteiger partial charge in [-0.15, -0.1) is 0 Å². The van der Waals surface area contributed by atoms with Crippen LogP contribution in [-0.2, 0) is 6.42 Å². The Morgan fingerprint density at radius 1 is 1.23 bits per heavy atom. The van der Waals surface area contributed by atoms with E-state index in [0.29, 0.717) is 48.6 Å². The average Bonchev–Trinajstić information content (AvgIpc) is 3.22. The highest BCUT2D eigenvalue weighted by Gasteiger charge is 2.10. The zero-order valence-corrected chi connectivity index (χ0v) is 17.0. The molecule has 3 rings (SSSR count). The number of aromatic nitrogens is 3. The van der Waals surface area contributed by atoms with Crippen molar-refractivity contribution < 1.29 is 13.7 Å². The van der Waals surface area contributed by atoms with E-state index >= 15 is 0 Å². The second-order valence-electron chi connectivity index (χ2n) is 6.51. The molecule has 1 unspecified atom stereocenters. The summed E-state index contributed by atoms with van der Waals surface area (Å²) in [7, 11) is 0. The normalized spacial score (nSPS) is 12.4. The molecule has 1 atom stereocenters. The maximum absolute atomic E-state index is 13.3. The highest BCUT2D eigenvalue weighted by molar-refractivity contribution is 5.79. The first-order chi connectivity index (χ1) is 14.6. The van der Waals surface area contributed by atoms with Crippen molar-refractivity contribution in [3.05, 3.63) is 60.3 Å². The largest absolute Gasteiger partial charge is 0.489 e. The fourth-order valence-corrected chi connectivity index (χ4v) is 2.61. The lowest BCUT2D eigenvalue weighted by molar-refractivity contribution is 0.229. The summed E-state index contributed by atoms with van der Waals surface area (Å²) in [6.07, 6.45) is 2.04. The molecular weight excluding hydrogens is 387 g/mol. The minimum absolute atomic E-state index is 0.208. The molecule has 0 amide bonds. The molecule has 0 radical (unpaired) electrons. The van der Waals surface area contributed by atoms with Gasteiger partial charge in [0.2, 0.25) is 0 Å². The van der Waals surface area contributed by atoms with Crippen LogP contribution >= 0.6 is 0 Å². The van der Waals surface area contributed by atoms with E-state index in [-0.39, 0.29) is 11.9 Å². The van der Waals surface area contributed by atoms with E-state index in [1.807, 2.05) is 32.0 Å². The van der Waals surface area contributed by atoms with E-state index in [1.165, 1.54) is 12.1 Å². The first-order valence-corrected chi connectivity index (χ1v) is 9.82. The van der Waals surface area contributed by atoms with Crippen molar-refractivity contribution >= 4 is 5.96 Å². The van der Waals surface area contributed by atoms with Crippen LogP contribution in [0.25, 0.3) is 11.6 Å². The molecule has 8 nitrogen and oxygen atoms in total. The number of halogens is 1. The lowest BCUT2D eigenvalue weighted by atomic mass is 10.3. The molecule has 2 aromatic heterocycles. The van der Waals surface area contributed by atoms with Gasteiger partial charge in [0.1, 0.15) is 23.4 Å². The molecule has 158 valence electrons. The summed E-state index contributed by atoms with van der Waals surface area (Å²) in [6.45, 7) is 5.58. The summed E-state index contributed by atoms with van der Waals surface area (Å²) in [4.78, 5) is 13.1. The van der Waals surface area contributed by atoms with Gasteiger partial charge in [0, 0.05) is 31.8 Å². The molecule has 0 fully saturated rings. The first kappa shape index (κ1) is 21.2. The van der Waals surface area contributed by atoms with Gasteiger partial charge in [-0.1, -0.05) is 17.3 Å². The van der Waals surface area contributed by atoms with Crippen LogP contribution in [0.1, 0.15) is 19.7 Å². The minimum atomic E-state index is -0.328. The highest BCUT2D eigenvalue weighted by Crippen LogP contribution is 2.14. The molecule has 0 bridgehead atoms. The quantitative estimate of drug-likeness (QED) is 0.412. The Labute approximate surface area is 174 Å². The predicted octanol–water partition coefficient (Wildman–Crippen LogP) is 2.84. The summed E-state index contributed by atoms with van der Waals surface area (Å²) in [5.41, 5.74) is 0.645. The average molecular weight is 412 g/mol. The smallest absolute Gasteiger partial charge is 0.276 e. The third-order valence-corrected chi connectivity index (χ3v) is 3.98. The molecule has 0 aliphatic carbocycles. The molecule has 30 heavy (non-hydrogen) atoms. The Bertz CT molecular complexity index is 947. The lowest BCUT2D eigenvalue weighted by Crippen LogP contribution is -2.39. The van der Waals surface area contributed by atoms with Gasteiger partial charge in [0.05, 0.1) is 6.54 Å². The summed E-state index contributed by atoms with van der Waals surface area (Å²) in [5, 5.41) is 10.4. The third kappa shape index (κ3) is 6.54. The molecule has 0 spiro atoms. The van der Waals surface area contributed by atoms with Gasteiger partial charge >= 0.3 is 0 Å². The number of hydrogen-bond donors (Lipinski definition) is 2. The van der Waals surface area contributed by atoms with Gasteiger partial charge in [-0.25, -0.2) is 9.38 Å². The number of ether oxygens (including phenoxy) is 1. The zero-order valence-electron chi connectivity index (χ0n) is 17.0. The zero-order chi connectivity index (χ0) is 21.2. The Hall–Kier alpha value is -3.49. The third-order valence-electron chi connectivity index (χ3n) is 3.98. The summed E-state index contributed by atoms with van der Waals surface area (Å²) >= 11 is 0. The monoisotopic (exact) mass is 412 g/mol. The molecule has 0 aliphatic rings. The van der Waals surface area contributed by atoms with Crippen LogP contribution in [-0.4, -0.2) is 46.8 Å². The number of pyridine rings is 1. The molecular formula is C21H25FN6O2. The Kier molecular flexibility index (Phi) is 7.71. The van der Waals surface area contributed by atoms with Crippen molar-refractivity contribution in [3.8, 4) is 17.3 Å². The molecule has 1 aromatic carbocycles. The van der Waals surface area contributed by atoms with Crippen LogP contribution in [0.3, 0.4) is 0 Å². The van der Waals surface area contributed by atoms with Crippen LogP contribution < -0.4 is 15.4 Å². The number of benzene rings is 1. The summed E-state index contributed by atoms with van der Waals surface area (Å²) in [6, 6.07) is 11.6. The number of nitrogens with one attached hydrogen (secondary N) is 2. The predicted molar refractivity (Wildman–Crippen MR) is 112 cm³/mol. The number of hydrogen-bond acceptors (Lipinski definition) is 6. The van der Waals surface area contributed by atoms with Crippen molar-refractivity contribution in [2.24, 2.45) is 4.99 Å². The molecule has 2 N–H and O–H groups in total. The molecule has 0 saturated carbocycles. The van der Waals surface area contributed by atoms with Gasteiger partial charge in [-0.2, -0.15) is 4.98 Å². The van der Waals surface area contributed by atoms with Crippen LogP contribution in [0.2, 0.25) is 0 Å². The van der Waals surface area contributed by atoms with Crippen LogP contribution in [0.5, 0.6) is 5.75 Å². The molecule has 0 aliphatic heterocycles. The fraction of sp³-hybridized carbons (Fsp3) is 0.333. The van der Waals surface area contributed by atoms with Gasteiger partial charge in [-0.05, 0) is 38.1 Å². The highest BCUT2D eigenvalue weighted by atomic mass is 19.1. The number of aliphatic imine (C=N–C) groups is 1. The standard InChI is InChI=1S/C21H25FN6O2/c1-3-23-21(26-14-15(2)29-17-8-6-7-16(22)13-17)25-12-10-19-27-20(30-28-19)18-9-4-5-11-24-18/h4-9,11,13,15H,3,10,12,14H2,1-2H3,(H2,23,25,26). The number of guanidine groups is 1. The van der Waals surface area contributed by atoms with Gasteiger partial charge in [-0.3, -0.25) is 4.98 Å². The van der Waals surface area contributed by atoms with Crippen molar-refractivity contribution in [3.63, 3.8) is 0 Å². The van der Waals surface area contributed by atoms with E-state index in [0.717, 1.165) is 6.54 Å². The minimum Gasteiger partial charge on any atom is -0.489 e. The molecule has 3 aromatic rings. The summed E-state index contributed by atoms with van der Waals surface area (Å²) in [5.74, 6) is 1.79. The SMILES string of the molecule is CCNC(=NCC(C)Oc1cccc(F)c1)NCCc1noc(-c2ccccn2)n1. The van der Waals surface area contributed by atoms with E-state index < -0.39 is 0 Å². The van der Waals surface area contributed by atoms with E-state index in [1.54, 1.807) is 18.3 Å². The van der Waals surface area contributed by atoms with Crippen LogP contribution in [0, 0.1) is 5.82 Å². The van der Waals surface area contributed by atoms with Crippen molar-refractivity contribution in [1.82, 2.24) is 25.8 Å². The van der Waals surface area contributed by atoms with Crippen molar-refractivity contribution in [2.75, 3.05) is 19.6 Å². The van der Waals surface area contributed by atoms with E-state index in [4.69, 9.17) is 9.26 Å². The van der Waals surface area contributed by atoms with E-state index in [9.17, 15) is 4.39 Å². The van der Waals surface area contributed by atoms with Crippen molar-refractivity contribution in [1.29, 1.82) is 0 Å². The Morgan fingerprint density at radius 3 is 2.90 bits per heavy atom. The Balaban J connectivity index is 1.48. The maximum atomic E-state index is 13.3. The molecule has 0 saturated heterocycles. The lowest BCUT2D eigenvalue weighted by Gasteiger charge is -2.15. The number of nitrogens with zero attached hydrogens (tertiary/aromatic N) is 4. The second kappa shape index (κ2) is 10.9. The van der Waals surface area contributed by atoms with Crippen molar-refractivity contribution in [2.45, 2.75) is 26.4 Å². The maximum Gasteiger partial charge on any atom is 0.276 e. The fourth-order valence-electron chi connectivity index (χ4n) is 2.61. The van der Waals surface area contributed by atoms with Gasteiger partial charge in [0.25, 0.3) is 5.89 Å². The van der Waals surface area contributed by atoms with Crippen LogP contribution in [0.15, 0.2) is 58.2 Å². The Morgan fingerprint density at radius 2 is 2.13 bits per heavy atom. The van der Waals surface area contributed by atoms with Crippen LogP contribution in [0.4, 0.5) is 4.39 Å². The topological polar surface area (TPSA) is 97.5 Å². The second-order valence-corrected chi connectivity index (χ2v) is 6.51. The molecule has 9 heteroatoms. The molecule has 2 heterocycles. The van der Waals surface area contributed by atoms with Gasteiger partial charge < -0.3 is 19.9 Å².